The first kappa shape index (κ1) is 13.6. The van der Waals surface area contributed by atoms with Crippen LogP contribution < -0.4 is 0 Å². The SMILES string of the molecule is OCc1c(F)cncc1-c1cc(Cl)c(Cl)c(Cl)c1. The average Bonchev–Trinajstić information content (AvgIpc) is 2.35. The monoisotopic (exact) mass is 305 g/mol. The van der Waals surface area contributed by atoms with Crippen molar-refractivity contribution in [3.63, 3.8) is 0 Å². The van der Waals surface area contributed by atoms with Crippen molar-refractivity contribution in [2.75, 3.05) is 0 Å². The summed E-state index contributed by atoms with van der Waals surface area (Å²) in [7, 11) is 0. The van der Waals surface area contributed by atoms with Crippen molar-refractivity contribution in [1.29, 1.82) is 0 Å². The van der Waals surface area contributed by atoms with Crippen LogP contribution in [-0.2, 0) is 6.61 Å². The van der Waals surface area contributed by atoms with Crippen LogP contribution in [0.5, 0.6) is 0 Å². The number of aliphatic hydroxyl groups excluding tert-OH is 1. The molecule has 2 rings (SSSR count). The summed E-state index contributed by atoms with van der Waals surface area (Å²) in [5.74, 6) is -0.586. The van der Waals surface area contributed by atoms with Gasteiger partial charge in [0.2, 0.25) is 0 Å². The standard InChI is InChI=1S/C12H7Cl3FNO/c13-9-1-6(2-10(14)12(9)15)7-3-17-4-11(16)8(7)5-18/h1-4,18H,5H2. The van der Waals surface area contributed by atoms with Gasteiger partial charge >= 0.3 is 0 Å². The molecule has 0 spiro atoms. The van der Waals surface area contributed by atoms with Gasteiger partial charge < -0.3 is 5.11 Å². The van der Waals surface area contributed by atoms with Crippen LogP contribution in [0.2, 0.25) is 15.1 Å². The van der Waals surface area contributed by atoms with Crippen LogP contribution in [0, 0.1) is 5.82 Å². The van der Waals surface area contributed by atoms with Crippen LogP contribution in [-0.4, -0.2) is 10.1 Å². The topological polar surface area (TPSA) is 33.1 Å². The highest BCUT2D eigenvalue weighted by Crippen LogP contribution is 2.36. The van der Waals surface area contributed by atoms with Crippen LogP contribution in [0.1, 0.15) is 5.56 Å². The van der Waals surface area contributed by atoms with E-state index < -0.39 is 12.4 Å². The summed E-state index contributed by atoms with van der Waals surface area (Å²) in [4.78, 5) is 3.75. The highest BCUT2D eigenvalue weighted by atomic mass is 35.5. The smallest absolute Gasteiger partial charge is 0.147 e. The van der Waals surface area contributed by atoms with Gasteiger partial charge in [0.15, 0.2) is 0 Å². The van der Waals surface area contributed by atoms with Gasteiger partial charge in [0.1, 0.15) is 5.82 Å². The summed E-state index contributed by atoms with van der Waals surface area (Å²) in [6, 6.07) is 3.09. The zero-order valence-corrected chi connectivity index (χ0v) is 11.2. The summed E-state index contributed by atoms with van der Waals surface area (Å²) in [5, 5.41) is 9.94. The number of aliphatic hydroxyl groups is 1. The van der Waals surface area contributed by atoms with E-state index in [0.29, 0.717) is 11.1 Å². The molecule has 1 aromatic carbocycles. The molecule has 0 aliphatic heterocycles. The van der Waals surface area contributed by atoms with E-state index in [-0.39, 0.29) is 20.6 Å². The third kappa shape index (κ3) is 2.45. The van der Waals surface area contributed by atoms with Crippen molar-refractivity contribution >= 4 is 34.8 Å². The Kier molecular flexibility index (Phi) is 4.07. The quantitative estimate of drug-likeness (QED) is 0.837. The summed E-state index contributed by atoms with van der Waals surface area (Å²) in [6.07, 6.45) is 2.47. The van der Waals surface area contributed by atoms with Crippen molar-refractivity contribution < 1.29 is 9.50 Å². The fourth-order valence-electron chi connectivity index (χ4n) is 1.58. The number of hydrogen-bond donors (Lipinski definition) is 1. The number of aromatic nitrogens is 1. The van der Waals surface area contributed by atoms with E-state index in [1.807, 2.05) is 0 Å². The van der Waals surface area contributed by atoms with E-state index >= 15 is 0 Å². The lowest BCUT2D eigenvalue weighted by atomic mass is 10.0. The molecule has 1 aromatic heterocycles. The number of hydrogen-bond acceptors (Lipinski definition) is 2. The number of pyridine rings is 1. The maximum Gasteiger partial charge on any atom is 0.147 e. The molecule has 2 aromatic rings. The van der Waals surface area contributed by atoms with Crippen LogP contribution in [0.15, 0.2) is 24.5 Å². The van der Waals surface area contributed by atoms with Gasteiger partial charge in [-0.3, -0.25) is 4.98 Å². The van der Waals surface area contributed by atoms with E-state index in [1.165, 1.54) is 6.20 Å². The fourth-order valence-corrected chi connectivity index (χ4v) is 2.18. The molecular weight excluding hydrogens is 299 g/mol. The second kappa shape index (κ2) is 5.41. The maximum absolute atomic E-state index is 13.5. The van der Waals surface area contributed by atoms with Gasteiger partial charge in [-0.05, 0) is 17.7 Å². The number of rotatable bonds is 2. The van der Waals surface area contributed by atoms with Gasteiger partial charge in [0.25, 0.3) is 0 Å². The largest absolute Gasteiger partial charge is 0.392 e. The Hall–Kier alpha value is -0.870. The van der Waals surface area contributed by atoms with Crippen LogP contribution in [0.3, 0.4) is 0 Å². The molecule has 0 saturated carbocycles. The molecule has 0 saturated heterocycles. The van der Waals surface area contributed by atoms with Crippen molar-refractivity contribution in [2.24, 2.45) is 0 Å². The first-order chi connectivity index (χ1) is 8.54. The molecule has 0 aliphatic rings. The summed E-state index contributed by atoms with van der Waals surface area (Å²) in [5.41, 5.74) is 1.11. The third-order valence-electron chi connectivity index (χ3n) is 2.46. The van der Waals surface area contributed by atoms with E-state index in [2.05, 4.69) is 4.98 Å². The zero-order valence-electron chi connectivity index (χ0n) is 8.92. The molecule has 1 N–H and O–H groups in total. The van der Waals surface area contributed by atoms with E-state index in [0.717, 1.165) is 6.20 Å². The number of nitrogens with zero attached hydrogens (tertiary/aromatic N) is 1. The van der Waals surface area contributed by atoms with Crippen LogP contribution >= 0.6 is 34.8 Å². The third-order valence-corrected chi connectivity index (χ3v) is 3.65. The molecule has 1 heterocycles. The average molecular weight is 307 g/mol. The van der Waals surface area contributed by atoms with Crippen LogP contribution in [0.4, 0.5) is 4.39 Å². The Bertz CT molecular complexity index is 581. The Morgan fingerprint density at radius 1 is 1.11 bits per heavy atom. The molecule has 2 nitrogen and oxygen atoms in total. The zero-order chi connectivity index (χ0) is 13.3. The Morgan fingerprint density at radius 2 is 1.72 bits per heavy atom. The van der Waals surface area contributed by atoms with E-state index in [1.54, 1.807) is 12.1 Å². The first-order valence-electron chi connectivity index (χ1n) is 4.92. The molecule has 0 atom stereocenters. The summed E-state index contributed by atoms with van der Waals surface area (Å²) in [6.45, 7) is -0.443. The minimum Gasteiger partial charge on any atom is -0.392 e. The highest BCUT2D eigenvalue weighted by molar-refractivity contribution is 6.48. The van der Waals surface area contributed by atoms with Crippen molar-refractivity contribution in [1.82, 2.24) is 4.98 Å². The van der Waals surface area contributed by atoms with Gasteiger partial charge in [0.05, 0.1) is 27.9 Å². The Labute approximate surface area is 118 Å². The minimum absolute atomic E-state index is 0.138. The predicted octanol–water partition coefficient (Wildman–Crippen LogP) is 4.34. The molecule has 18 heavy (non-hydrogen) atoms. The van der Waals surface area contributed by atoms with E-state index in [4.69, 9.17) is 34.8 Å². The lowest BCUT2D eigenvalue weighted by Gasteiger charge is -2.10. The maximum atomic E-state index is 13.5. The van der Waals surface area contributed by atoms with Crippen molar-refractivity contribution in [3.05, 3.63) is 51.0 Å². The Balaban J connectivity index is 2.66. The lowest BCUT2D eigenvalue weighted by molar-refractivity contribution is 0.276. The molecule has 94 valence electrons. The molecule has 0 fully saturated rings. The lowest BCUT2D eigenvalue weighted by Crippen LogP contribution is -1.96. The fraction of sp³-hybridized carbons (Fsp3) is 0.0833. The van der Waals surface area contributed by atoms with Gasteiger partial charge in [-0.2, -0.15) is 0 Å². The van der Waals surface area contributed by atoms with Gasteiger partial charge in [-0.25, -0.2) is 4.39 Å². The van der Waals surface area contributed by atoms with Crippen LogP contribution in [0.25, 0.3) is 11.1 Å². The molecule has 0 radical (unpaired) electrons. The normalized spacial score (nSPS) is 10.7. The second-order valence-corrected chi connectivity index (χ2v) is 4.75. The summed E-state index contributed by atoms with van der Waals surface area (Å²) >= 11 is 17.7. The van der Waals surface area contributed by atoms with Crippen molar-refractivity contribution in [3.8, 4) is 11.1 Å². The molecule has 6 heteroatoms. The second-order valence-electron chi connectivity index (χ2n) is 3.56. The number of benzene rings is 1. The molecular formula is C12H7Cl3FNO. The molecule has 0 aliphatic carbocycles. The minimum atomic E-state index is -0.586. The van der Waals surface area contributed by atoms with Gasteiger partial charge in [-0.15, -0.1) is 0 Å². The molecule has 0 unspecified atom stereocenters. The predicted molar refractivity (Wildman–Crippen MR) is 70.6 cm³/mol. The van der Waals surface area contributed by atoms with Gasteiger partial charge in [0, 0.05) is 17.3 Å². The molecule has 0 amide bonds. The highest BCUT2D eigenvalue weighted by Gasteiger charge is 2.13. The van der Waals surface area contributed by atoms with Gasteiger partial charge in [-0.1, -0.05) is 34.8 Å². The van der Waals surface area contributed by atoms with E-state index in [9.17, 15) is 9.50 Å². The first-order valence-corrected chi connectivity index (χ1v) is 6.06. The Morgan fingerprint density at radius 3 is 2.28 bits per heavy atom. The van der Waals surface area contributed by atoms with Crippen molar-refractivity contribution in [2.45, 2.75) is 6.61 Å². The summed E-state index contributed by atoms with van der Waals surface area (Å²) < 4.78 is 13.5. The molecule has 0 bridgehead atoms. The number of halogens is 4.